The minimum Gasteiger partial charge on any atom is -0.377 e. The molecule has 0 aliphatic carbocycles. The van der Waals surface area contributed by atoms with Gasteiger partial charge in [0, 0.05) is 0 Å². The summed E-state index contributed by atoms with van der Waals surface area (Å²) in [5.41, 5.74) is 0. The van der Waals surface area contributed by atoms with Crippen molar-refractivity contribution in [2.45, 2.75) is 58.5 Å². The van der Waals surface area contributed by atoms with E-state index >= 15 is 0 Å². The molecule has 98 valence electrons. The van der Waals surface area contributed by atoms with Crippen LogP contribution in [0, 0.1) is 23.7 Å². The van der Waals surface area contributed by atoms with Crippen LogP contribution in [0.4, 0.5) is 0 Å². The molecule has 0 saturated heterocycles. The molecule has 0 rings (SSSR count). The minimum atomic E-state index is -0.694. The van der Waals surface area contributed by atoms with Gasteiger partial charge in [-0.3, -0.25) is 0 Å². The summed E-state index contributed by atoms with van der Waals surface area (Å²) in [6.07, 6.45) is 14.0. The van der Waals surface area contributed by atoms with E-state index in [1.54, 1.807) is 12.2 Å². The maximum Gasteiger partial charge on any atom is 0.134 e. The van der Waals surface area contributed by atoms with Crippen LogP contribution in [0.5, 0.6) is 0 Å². The molecule has 0 spiro atoms. The Kier molecular flexibility index (Phi) is 12.5. The molecule has 1 heteroatoms. The van der Waals surface area contributed by atoms with Crippen molar-refractivity contribution in [2.24, 2.45) is 0 Å². The first kappa shape index (κ1) is 16.6. The summed E-state index contributed by atoms with van der Waals surface area (Å²) in [6.45, 7) is 4.12. The van der Waals surface area contributed by atoms with Gasteiger partial charge < -0.3 is 5.11 Å². The van der Waals surface area contributed by atoms with E-state index in [1.807, 2.05) is 19.1 Å². The van der Waals surface area contributed by atoms with Crippen molar-refractivity contribution < 1.29 is 5.11 Å². The quantitative estimate of drug-likeness (QED) is 0.410. The molecular formula is C17H24O. The molecule has 1 N–H and O–H groups in total. The van der Waals surface area contributed by atoms with Gasteiger partial charge in [0.05, 0.1) is 0 Å². The first-order valence-corrected chi connectivity index (χ1v) is 6.78. The molecule has 1 atom stereocenters. The standard InChI is InChI=1S/C17H24O/c1-3-5-7-9-10-12-14-16-17(18)15-13-11-8-6-4-2/h4,6,14,16-18H,3,5,7,9-10,12H2,1-2H3/b6-4-,16-14+/t17-/m1/s1. The van der Waals surface area contributed by atoms with Crippen LogP contribution in [0.25, 0.3) is 0 Å². The van der Waals surface area contributed by atoms with E-state index in [1.165, 1.54) is 32.1 Å². The van der Waals surface area contributed by atoms with E-state index in [9.17, 15) is 5.11 Å². The molecule has 0 radical (unpaired) electrons. The SMILES string of the molecule is C/C=C\C#CC#C[C@@H](O)/C=C/CCCCCCC. The van der Waals surface area contributed by atoms with E-state index in [-0.39, 0.29) is 0 Å². The third-order valence-electron chi connectivity index (χ3n) is 2.40. The summed E-state index contributed by atoms with van der Waals surface area (Å²) in [7, 11) is 0. The lowest BCUT2D eigenvalue weighted by molar-refractivity contribution is 0.280. The Morgan fingerprint density at radius 2 is 1.89 bits per heavy atom. The van der Waals surface area contributed by atoms with Crippen LogP contribution in [-0.4, -0.2) is 11.2 Å². The van der Waals surface area contributed by atoms with Gasteiger partial charge in [-0.25, -0.2) is 0 Å². The van der Waals surface area contributed by atoms with Crippen molar-refractivity contribution in [3.63, 3.8) is 0 Å². The zero-order chi connectivity index (χ0) is 13.5. The molecule has 0 aromatic rings. The fourth-order valence-electron chi connectivity index (χ4n) is 1.41. The topological polar surface area (TPSA) is 20.2 Å². The second-order valence-electron chi connectivity index (χ2n) is 4.11. The summed E-state index contributed by atoms with van der Waals surface area (Å²) in [4.78, 5) is 0. The average molecular weight is 244 g/mol. The molecule has 0 amide bonds. The highest BCUT2D eigenvalue weighted by Gasteiger charge is 1.90. The number of aliphatic hydroxyl groups excluding tert-OH is 1. The van der Waals surface area contributed by atoms with E-state index in [4.69, 9.17) is 0 Å². The molecule has 0 saturated carbocycles. The Hall–Kier alpha value is -1.44. The predicted molar refractivity (Wildman–Crippen MR) is 78.9 cm³/mol. The highest BCUT2D eigenvalue weighted by Crippen LogP contribution is 2.05. The van der Waals surface area contributed by atoms with E-state index in [0.29, 0.717) is 0 Å². The van der Waals surface area contributed by atoms with Gasteiger partial charge in [-0.05, 0) is 43.8 Å². The molecule has 18 heavy (non-hydrogen) atoms. The number of aliphatic hydroxyl groups is 1. The first-order valence-electron chi connectivity index (χ1n) is 6.78. The van der Waals surface area contributed by atoms with Crippen molar-refractivity contribution >= 4 is 0 Å². The number of hydrogen-bond acceptors (Lipinski definition) is 1. The summed E-state index contributed by atoms with van der Waals surface area (Å²) in [5.74, 6) is 10.7. The average Bonchev–Trinajstić information content (AvgIpc) is 2.37. The van der Waals surface area contributed by atoms with Gasteiger partial charge in [-0.1, -0.05) is 56.6 Å². The highest BCUT2D eigenvalue weighted by atomic mass is 16.3. The largest absolute Gasteiger partial charge is 0.377 e. The van der Waals surface area contributed by atoms with Gasteiger partial charge in [-0.2, -0.15) is 0 Å². The first-order chi connectivity index (χ1) is 8.81. The summed E-state index contributed by atoms with van der Waals surface area (Å²) in [6, 6.07) is 0. The molecule has 0 aliphatic heterocycles. The summed E-state index contributed by atoms with van der Waals surface area (Å²) >= 11 is 0. The van der Waals surface area contributed by atoms with Crippen molar-refractivity contribution in [1.82, 2.24) is 0 Å². The number of hydrogen-bond donors (Lipinski definition) is 1. The Labute approximate surface area is 112 Å². The number of rotatable bonds is 7. The van der Waals surface area contributed by atoms with Crippen LogP contribution in [0.2, 0.25) is 0 Å². The van der Waals surface area contributed by atoms with Crippen LogP contribution in [0.3, 0.4) is 0 Å². The van der Waals surface area contributed by atoms with Crippen molar-refractivity contribution in [3.05, 3.63) is 24.3 Å². The lowest BCUT2D eigenvalue weighted by Crippen LogP contribution is -1.96. The Bertz CT molecular complexity index is 355. The monoisotopic (exact) mass is 244 g/mol. The number of unbranched alkanes of at least 4 members (excludes halogenated alkanes) is 5. The van der Waals surface area contributed by atoms with Gasteiger partial charge >= 0.3 is 0 Å². The fraction of sp³-hybridized carbons (Fsp3) is 0.529. The minimum absolute atomic E-state index is 0.694. The lowest BCUT2D eigenvalue weighted by atomic mass is 10.1. The van der Waals surface area contributed by atoms with Crippen LogP contribution < -0.4 is 0 Å². The van der Waals surface area contributed by atoms with Crippen molar-refractivity contribution in [3.8, 4) is 23.7 Å². The summed E-state index contributed by atoms with van der Waals surface area (Å²) < 4.78 is 0. The van der Waals surface area contributed by atoms with Gasteiger partial charge in [0.1, 0.15) is 6.10 Å². The Morgan fingerprint density at radius 1 is 1.11 bits per heavy atom. The molecule has 0 aromatic heterocycles. The van der Waals surface area contributed by atoms with Crippen molar-refractivity contribution in [1.29, 1.82) is 0 Å². The fourth-order valence-corrected chi connectivity index (χ4v) is 1.41. The zero-order valence-electron chi connectivity index (χ0n) is 11.6. The van der Waals surface area contributed by atoms with Crippen LogP contribution in [-0.2, 0) is 0 Å². The van der Waals surface area contributed by atoms with Gasteiger partial charge in [0.2, 0.25) is 0 Å². The molecule has 0 fully saturated rings. The molecule has 1 nitrogen and oxygen atoms in total. The Balaban J connectivity index is 3.68. The highest BCUT2D eigenvalue weighted by molar-refractivity contribution is 5.32. The van der Waals surface area contributed by atoms with E-state index < -0.39 is 6.10 Å². The molecule has 0 heterocycles. The third kappa shape index (κ3) is 12.6. The van der Waals surface area contributed by atoms with Crippen molar-refractivity contribution in [2.75, 3.05) is 0 Å². The maximum atomic E-state index is 9.50. The van der Waals surface area contributed by atoms with Gasteiger partial charge in [-0.15, -0.1) is 0 Å². The molecular weight excluding hydrogens is 220 g/mol. The Morgan fingerprint density at radius 3 is 2.61 bits per heavy atom. The van der Waals surface area contributed by atoms with Gasteiger partial charge in [0.15, 0.2) is 0 Å². The van der Waals surface area contributed by atoms with E-state index in [0.717, 1.165) is 6.42 Å². The second kappa shape index (κ2) is 13.6. The second-order valence-corrected chi connectivity index (χ2v) is 4.11. The summed E-state index contributed by atoms with van der Waals surface area (Å²) in [5, 5.41) is 9.50. The maximum absolute atomic E-state index is 9.50. The molecule has 0 bridgehead atoms. The van der Waals surface area contributed by atoms with E-state index in [2.05, 4.69) is 30.6 Å². The van der Waals surface area contributed by atoms with Crippen LogP contribution >= 0.6 is 0 Å². The third-order valence-corrected chi connectivity index (χ3v) is 2.40. The molecule has 0 aliphatic rings. The van der Waals surface area contributed by atoms with Crippen LogP contribution in [0.1, 0.15) is 52.4 Å². The predicted octanol–water partition coefficient (Wildman–Crippen LogP) is 3.85. The zero-order valence-corrected chi connectivity index (χ0v) is 11.6. The lowest BCUT2D eigenvalue weighted by Gasteiger charge is -1.96. The molecule has 0 aromatic carbocycles. The normalized spacial score (nSPS) is 11.9. The van der Waals surface area contributed by atoms with Gasteiger partial charge in [0.25, 0.3) is 0 Å². The smallest absolute Gasteiger partial charge is 0.134 e. The van der Waals surface area contributed by atoms with Crippen LogP contribution in [0.15, 0.2) is 24.3 Å². The number of allylic oxidation sites excluding steroid dienone is 3. The molecule has 0 unspecified atom stereocenters.